The van der Waals surface area contributed by atoms with Gasteiger partial charge >= 0.3 is 5.97 Å². The van der Waals surface area contributed by atoms with Gasteiger partial charge in [-0.05, 0) is 43.7 Å². The van der Waals surface area contributed by atoms with Crippen molar-refractivity contribution in [2.24, 2.45) is 0 Å². The van der Waals surface area contributed by atoms with E-state index >= 15 is 0 Å². The average Bonchev–Trinajstić information content (AvgIpc) is 2.67. The molecular weight excluding hydrogens is 376 g/mol. The Labute approximate surface area is 169 Å². The number of rotatable bonds is 4. The van der Waals surface area contributed by atoms with E-state index in [-0.39, 0.29) is 5.91 Å². The standard InChI is InChI=1S/C22H21ClN2O3/c1-13-18(21(26)25-17-10-5-4-6-11-17)20(15-8-7-9-16(23)12-15)19(14(2)24-13)22(27)28-3/h4-12,20,24H,1-3H3,(H,25,26)/t20-/m1/s1. The Morgan fingerprint density at radius 2 is 1.68 bits per heavy atom. The van der Waals surface area contributed by atoms with Gasteiger partial charge in [-0.15, -0.1) is 0 Å². The summed E-state index contributed by atoms with van der Waals surface area (Å²) in [7, 11) is 1.33. The third-order valence-electron chi connectivity index (χ3n) is 4.62. The first-order valence-electron chi connectivity index (χ1n) is 8.81. The Morgan fingerprint density at radius 3 is 2.32 bits per heavy atom. The SMILES string of the molecule is COC(=O)C1=C(C)NC(C)=C(C(=O)Nc2ccccc2)[C@H]1c1cccc(Cl)c1. The Kier molecular flexibility index (Phi) is 5.85. The van der Waals surface area contributed by atoms with E-state index in [0.717, 1.165) is 5.56 Å². The minimum Gasteiger partial charge on any atom is -0.466 e. The molecule has 1 aliphatic heterocycles. The van der Waals surface area contributed by atoms with Crippen molar-refractivity contribution in [1.29, 1.82) is 0 Å². The summed E-state index contributed by atoms with van der Waals surface area (Å²) in [5.74, 6) is -1.39. The molecule has 2 aromatic rings. The number of hydrogen-bond acceptors (Lipinski definition) is 4. The van der Waals surface area contributed by atoms with Gasteiger partial charge in [-0.1, -0.05) is 41.9 Å². The largest absolute Gasteiger partial charge is 0.466 e. The molecule has 2 N–H and O–H groups in total. The number of ether oxygens (including phenoxy) is 1. The van der Waals surface area contributed by atoms with Crippen molar-refractivity contribution in [3.05, 3.63) is 87.7 Å². The predicted octanol–water partition coefficient (Wildman–Crippen LogP) is 4.39. The van der Waals surface area contributed by atoms with Crippen LogP contribution in [-0.2, 0) is 14.3 Å². The molecule has 0 fully saturated rings. The molecule has 0 bridgehead atoms. The summed E-state index contributed by atoms with van der Waals surface area (Å²) in [5, 5.41) is 6.57. The Balaban J connectivity index is 2.11. The molecule has 0 saturated carbocycles. The fourth-order valence-electron chi connectivity index (χ4n) is 3.41. The van der Waals surface area contributed by atoms with Crippen molar-refractivity contribution >= 4 is 29.2 Å². The van der Waals surface area contributed by atoms with Crippen LogP contribution in [0.3, 0.4) is 0 Å². The molecule has 1 heterocycles. The highest BCUT2D eigenvalue weighted by Crippen LogP contribution is 2.39. The van der Waals surface area contributed by atoms with Crippen molar-refractivity contribution in [3.8, 4) is 0 Å². The maximum atomic E-state index is 13.2. The van der Waals surface area contributed by atoms with Crippen molar-refractivity contribution in [1.82, 2.24) is 5.32 Å². The van der Waals surface area contributed by atoms with Gasteiger partial charge in [0.05, 0.1) is 18.6 Å². The summed E-state index contributed by atoms with van der Waals surface area (Å²) in [6.45, 7) is 3.61. The van der Waals surface area contributed by atoms with Crippen LogP contribution in [0.1, 0.15) is 25.3 Å². The van der Waals surface area contributed by atoms with Crippen LogP contribution in [0.4, 0.5) is 5.69 Å². The second-order valence-electron chi connectivity index (χ2n) is 6.50. The van der Waals surface area contributed by atoms with E-state index in [1.165, 1.54) is 7.11 Å². The third-order valence-corrected chi connectivity index (χ3v) is 4.86. The zero-order valence-electron chi connectivity index (χ0n) is 15.9. The van der Waals surface area contributed by atoms with Gasteiger partial charge in [-0.25, -0.2) is 4.79 Å². The minimum absolute atomic E-state index is 0.296. The van der Waals surface area contributed by atoms with Crippen LogP contribution in [0.15, 0.2) is 77.1 Å². The van der Waals surface area contributed by atoms with E-state index in [2.05, 4.69) is 10.6 Å². The van der Waals surface area contributed by atoms with Gasteiger partial charge in [0.1, 0.15) is 0 Å². The lowest BCUT2D eigenvalue weighted by atomic mass is 9.80. The van der Waals surface area contributed by atoms with E-state index in [4.69, 9.17) is 16.3 Å². The first kappa shape index (κ1) is 19.7. The number of esters is 1. The smallest absolute Gasteiger partial charge is 0.336 e. The first-order chi connectivity index (χ1) is 13.4. The van der Waals surface area contributed by atoms with Crippen LogP contribution in [0, 0.1) is 0 Å². The molecule has 0 radical (unpaired) electrons. The highest BCUT2D eigenvalue weighted by atomic mass is 35.5. The number of halogens is 1. The van der Waals surface area contributed by atoms with Crippen LogP contribution in [0.25, 0.3) is 0 Å². The highest BCUT2D eigenvalue weighted by molar-refractivity contribution is 6.30. The number of benzene rings is 2. The lowest BCUT2D eigenvalue weighted by molar-refractivity contribution is -0.136. The summed E-state index contributed by atoms with van der Waals surface area (Å²) < 4.78 is 5.00. The lowest BCUT2D eigenvalue weighted by Crippen LogP contribution is -2.33. The van der Waals surface area contributed by atoms with Crippen LogP contribution in [-0.4, -0.2) is 19.0 Å². The summed E-state index contributed by atoms with van der Waals surface area (Å²) in [6.07, 6.45) is 0. The average molecular weight is 397 g/mol. The molecule has 0 aliphatic carbocycles. The van der Waals surface area contributed by atoms with Gasteiger partial charge < -0.3 is 15.4 Å². The van der Waals surface area contributed by atoms with E-state index in [0.29, 0.717) is 33.3 Å². The molecule has 1 atom stereocenters. The molecule has 28 heavy (non-hydrogen) atoms. The van der Waals surface area contributed by atoms with Crippen molar-refractivity contribution in [2.45, 2.75) is 19.8 Å². The normalized spacial score (nSPS) is 16.5. The number of carbonyl (C=O) groups excluding carboxylic acids is 2. The molecule has 0 aromatic heterocycles. The Bertz CT molecular complexity index is 980. The molecule has 0 saturated heterocycles. The van der Waals surface area contributed by atoms with E-state index in [1.54, 1.807) is 37.3 Å². The summed E-state index contributed by atoms with van der Waals surface area (Å²) >= 11 is 6.19. The molecule has 5 nitrogen and oxygen atoms in total. The monoisotopic (exact) mass is 396 g/mol. The summed E-state index contributed by atoms with van der Waals surface area (Å²) in [5.41, 5.74) is 3.55. The number of methoxy groups -OCH3 is 1. The molecule has 0 spiro atoms. The Hall–Kier alpha value is -3.05. The number of carbonyl (C=O) groups is 2. The number of para-hydroxylation sites is 1. The number of dihydropyridines is 1. The van der Waals surface area contributed by atoms with Gasteiger partial charge in [0, 0.05) is 27.7 Å². The number of anilines is 1. The van der Waals surface area contributed by atoms with Gasteiger partial charge in [-0.2, -0.15) is 0 Å². The van der Waals surface area contributed by atoms with E-state index in [1.807, 2.05) is 31.2 Å². The highest BCUT2D eigenvalue weighted by Gasteiger charge is 2.37. The van der Waals surface area contributed by atoms with Gasteiger partial charge in [0.25, 0.3) is 5.91 Å². The number of amides is 1. The zero-order chi connectivity index (χ0) is 20.3. The van der Waals surface area contributed by atoms with E-state index in [9.17, 15) is 9.59 Å². The number of nitrogens with one attached hydrogen (secondary N) is 2. The van der Waals surface area contributed by atoms with E-state index < -0.39 is 11.9 Å². The van der Waals surface area contributed by atoms with Crippen LogP contribution < -0.4 is 10.6 Å². The molecule has 6 heteroatoms. The minimum atomic E-state index is -0.601. The second kappa shape index (κ2) is 8.31. The lowest BCUT2D eigenvalue weighted by Gasteiger charge is -2.30. The second-order valence-corrected chi connectivity index (χ2v) is 6.94. The molecule has 0 unspecified atom stereocenters. The van der Waals surface area contributed by atoms with Crippen molar-refractivity contribution in [2.75, 3.05) is 12.4 Å². The third kappa shape index (κ3) is 3.94. The number of allylic oxidation sites excluding steroid dienone is 2. The summed E-state index contributed by atoms with van der Waals surface area (Å²) in [6, 6.07) is 16.3. The van der Waals surface area contributed by atoms with Gasteiger partial charge in [0.15, 0.2) is 0 Å². The topological polar surface area (TPSA) is 67.4 Å². The van der Waals surface area contributed by atoms with Gasteiger partial charge in [-0.3, -0.25) is 4.79 Å². The van der Waals surface area contributed by atoms with Crippen LogP contribution in [0.5, 0.6) is 0 Å². The molecule has 144 valence electrons. The van der Waals surface area contributed by atoms with Crippen molar-refractivity contribution in [3.63, 3.8) is 0 Å². The number of hydrogen-bond donors (Lipinski definition) is 2. The molecular formula is C22H21ClN2O3. The van der Waals surface area contributed by atoms with Gasteiger partial charge in [0.2, 0.25) is 0 Å². The quantitative estimate of drug-likeness (QED) is 0.752. The van der Waals surface area contributed by atoms with Crippen molar-refractivity contribution < 1.29 is 14.3 Å². The summed E-state index contributed by atoms with van der Waals surface area (Å²) in [4.78, 5) is 25.8. The molecule has 3 rings (SSSR count). The van der Waals surface area contributed by atoms with Crippen LogP contribution >= 0.6 is 11.6 Å². The Morgan fingerprint density at radius 1 is 1.00 bits per heavy atom. The first-order valence-corrected chi connectivity index (χ1v) is 9.19. The maximum absolute atomic E-state index is 13.2. The molecule has 1 amide bonds. The molecule has 2 aromatic carbocycles. The maximum Gasteiger partial charge on any atom is 0.336 e. The molecule has 1 aliphatic rings. The fourth-order valence-corrected chi connectivity index (χ4v) is 3.61. The van der Waals surface area contributed by atoms with Crippen LogP contribution in [0.2, 0.25) is 5.02 Å². The fraction of sp³-hybridized carbons (Fsp3) is 0.182. The zero-order valence-corrected chi connectivity index (χ0v) is 16.6. The predicted molar refractivity (Wildman–Crippen MR) is 110 cm³/mol.